The van der Waals surface area contributed by atoms with E-state index in [1.807, 2.05) is 20.0 Å². The monoisotopic (exact) mass is 389 g/mol. The number of ether oxygens (including phenoxy) is 1. The lowest BCUT2D eigenvalue weighted by molar-refractivity contribution is -0.00192. The molecular formula is C19H24ClN5O2. The molecule has 1 aliphatic heterocycles. The maximum atomic E-state index is 11.0. The van der Waals surface area contributed by atoms with Crippen molar-refractivity contribution in [1.82, 2.24) is 25.0 Å². The first-order valence-corrected chi connectivity index (χ1v) is 9.31. The number of aryl methyl sites for hydroxylation is 2. The molecule has 7 nitrogen and oxygen atoms in total. The molecule has 1 saturated carbocycles. The average Bonchev–Trinajstić information content (AvgIpc) is 3.04. The van der Waals surface area contributed by atoms with Gasteiger partial charge in [0.1, 0.15) is 11.9 Å². The topological polar surface area (TPSA) is 88.8 Å². The third-order valence-corrected chi connectivity index (χ3v) is 5.50. The zero-order valence-corrected chi connectivity index (χ0v) is 16.3. The highest BCUT2D eigenvalue weighted by molar-refractivity contribution is 5.86. The van der Waals surface area contributed by atoms with Crippen molar-refractivity contribution in [1.29, 1.82) is 0 Å². The Labute approximate surface area is 163 Å². The molecule has 2 fully saturated rings. The molecule has 27 heavy (non-hydrogen) atoms. The van der Waals surface area contributed by atoms with Gasteiger partial charge in [-0.15, -0.1) is 17.5 Å². The zero-order chi connectivity index (χ0) is 17.8. The molecule has 1 saturated heterocycles. The Morgan fingerprint density at radius 2 is 2.11 bits per heavy atom. The van der Waals surface area contributed by atoms with Crippen LogP contribution in [-0.4, -0.2) is 42.8 Å². The Morgan fingerprint density at radius 3 is 2.74 bits per heavy atom. The maximum Gasteiger partial charge on any atom is 0.110 e. The van der Waals surface area contributed by atoms with Crippen LogP contribution >= 0.6 is 12.4 Å². The Hall–Kier alpha value is -1.96. The van der Waals surface area contributed by atoms with Gasteiger partial charge in [0.2, 0.25) is 0 Å². The number of H-pyrrole nitrogens is 1. The molecule has 144 valence electrons. The second-order valence-corrected chi connectivity index (χ2v) is 7.50. The number of rotatable bonds is 4. The van der Waals surface area contributed by atoms with Crippen molar-refractivity contribution in [2.45, 2.75) is 50.7 Å². The lowest BCUT2D eigenvalue weighted by atomic mass is 9.97. The highest BCUT2D eigenvalue weighted by Crippen LogP contribution is 2.41. The SMILES string of the molecule is Cc1nnn(C)c1-c1cc(C(O)C2CCCO2)c2nc(C3CC3)[nH]c2c1.Cl. The number of halogens is 1. The van der Waals surface area contributed by atoms with Crippen LogP contribution in [0.25, 0.3) is 22.3 Å². The zero-order valence-electron chi connectivity index (χ0n) is 15.5. The Morgan fingerprint density at radius 1 is 1.30 bits per heavy atom. The van der Waals surface area contributed by atoms with E-state index in [9.17, 15) is 5.11 Å². The maximum absolute atomic E-state index is 11.0. The predicted molar refractivity (Wildman–Crippen MR) is 104 cm³/mol. The Balaban J connectivity index is 0.00000180. The summed E-state index contributed by atoms with van der Waals surface area (Å²) in [6.07, 6.45) is 3.38. The fraction of sp³-hybridized carbons (Fsp3) is 0.526. The predicted octanol–water partition coefficient (Wildman–Crippen LogP) is 3.18. The molecule has 2 aromatic heterocycles. The number of nitrogens with zero attached hydrogens (tertiary/aromatic N) is 4. The van der Waals surface area contributed by atoms with Crippen LogP contribution in [0.15, 0.2) is 12.1 Å². The normalized spacial score (nSPS) is 20.8. The van der Waals surface area contributed by atoms with Crippen LogP contribution in [0.2, 0.25) is 0 Å². The number of aromatic amines is 1. The minimum Gasteiger partial charge on any atom is -0.386 e. The molecule has 3 heterocycles. The van der Waals surface area contributed by atoms with Crippen LogP contribution in [0.5, 0.6) is 0 Å². The molecule has 5 rings (SSSR count). The summed E-state index contributed by atoms with van der Waals surface area (Å²) in [6, 6.07) is 4.11. The Kier molecular flexibility index (Phi) is 4.70. The van der Waals surface area contributed by atoms with E-state index < -0.39 is 6.10 Å². The first-order valence-electron chi connectivity index (χ1n) is 9.31. The van der Waals surface area contributed by atoms with E-state index >= 15 is 0 Å². The third-order valence-electron chi connectivity index (χ3n) is 5.50. The van der Waals surface area contributed by atoms with Gasteiger partial charge in [-0.25, -0.2) is 9.67 Å². The van der Waals surface area contributed by atoms with Gasteiger partial charge in [0, 0.05) is 30.7 Å². The van der Waals surface area contributed by atoms with Crippen molar-refractivity contribution in [3.8, 4) is 11.3 Å². The number of benzene rings is 1. The number of hydrogen-bond donors (Lipinski definition) is 2. The van der Waals surface area contributed by atoms with Crippen molar-refractivity contribution in [2.75, 3.05) is 6.61 Å². The standard InChI is InChI=1S/C19H23N5O2.ClH/c1-10-17(24(2)23-22-10)12-8-13(18(25)15-4-3-7-26-15)16-14(9-12)20-19(21-16)11-5-6-11;/h8-9,11,15,18,25H,3-7H2,1-2H3,(H,20,21);1H. The smallest absolute Gasteiger partial charge is 0.110 e. The number of fused-ring (bicyclic) bond motifs is 1. The van der Waals surface area contributed by atoms with Crippen molar-refractivity contribution in [3.63, 3.8) is 0 Å². The molecule has 2 aliphatic rings. The summed E-state index contributed by atoms with van der Waals surface area (Å²) in [5.41, 5.74) is 5.44. The summed E-state index contributed by atoms with van der Waals surface area (Å²) in [5, 5.41) is 19.3. The lowest BCUT2D eigenvalue weighted by Gasteiger charge is -2.19. The minimum atomic E-state index is -0.684. The molecular weight excluding hydrogens is 366 g/mol. The van der Waals surface area contributed by atoms with Crippen LogP contribution in [0, 0.1) is 6.92 Å². The van der Waals surface area contributed by atoms with Crippen LogP contribution in [0.4, 0.5) is 0 Å². The quantitative estimate of drug-likeness (QED) is 0.715. The van der Waals surface area contributed by atoms with Gasteiger partial charge < -0.3 is 14.8 Å². The van der Waals surface area contributed by atoms with Crippen molar-refractivity contribution in [3.05, 3.63) is 29.2 Å². The summed E-state index contributed by atoms with van der Waals surface area (Å²) in [5.74, 6) is 1.55. The third kappa shape index (κ3) is 3.13. The molecule has 1 aliphatic carbocycles. The van der Waals surface area contributed by atoms with E-state index in [2.05, 4.69) is 21.4 Å². The van der Waals surface area contributed by atoms with Crippen LogP contribution in [0.3, 0.4) is 0 Å². The first kappa shape index (κ1) is 18.4. The molecule has 2 atom stereocenters. The second-order valence-electron chi connectivity index (χ2n) is 7.50. The summed E-state index contributed by atoms with van der Waals surface area (Å²) < 4.78 is 7.52. The van der Waals surface area contributed by atoms with E-state index in [1.54, 1.807) is 4.68 Å². The summed E-state index contributed by atoms with van der Waals surface area (Å²) in [4.78, 5) is 8.30. The van der Waals surface area contributed by atoms with E-state index in [4.69, 9.17) is 9.72 Å². The van der Waals surface area contributed by atoms with Crippen molar-refractivity contribution >= 4 is 23.4 Å². The fourth-order valence-electron chi connectivity index (χ4n) is 3.98. The van der Waals surface area contributed by atoms with Crippen LogP contribution < -0.4 is 0 Å². The summed E-state index contributed by atoms with van der Waals surface area (Å²) in [7, 11) is 1.89. The second kappa shape index (κ2) is 6.89. The molecule has 1 aromatic carbocycles. The van der Waals surface area contributed by atoms with Gasteiger partial charge >= 0.3 is 0 Å². The van der Waals surface area contributed by atoms with Gasteiger partial charge in [0.05, 0.1) is 28.5 Å². The largest absolute Gasteiger partial charge is 0.386 e. The fourth-order valence-corrected chi connectivity index (χ4v) is 3.98. The van der Waals surface area contributed by atoms with E-state index in [0.29, 0.717) is 12.5 Å². The number of hydrogen-bond acceptors (Lipinski definition) is 5. The number of aliphatic hydroxyl groups is 1. The van der Waals surface area contributed by atoms with Gasteiger partial charge in [0.15, 0.2) is 0 Å². The Bertz CT molecular complexity index is 953. The number of aromatic nitrogens is 5. The molecule has 0 bridgehead atoms. The van der Waals surface area contributed by atoms with Crippen molar-refractivity contribution in [2.24, 2.45) is 7.05 Å². The number of imidazole rings is 1. The molecule has 0 amide bonds. The lowest BCUT2D eigenvalue weighted by Crippen LogP contribution is -2.17. The highest BCUT2D eigenvalue weighted by atomic mass is 35.5. The van der Waals surface area contributed by atoms with Gasteiger partial charge in [-0.2, -0.15) is 0 Å². The number of nitrogens with one attached hydrogen (secondary N) is 1. The van der Waals surface area contributed by atoms with Crippen LogP contribution in [-0.2, 0) is 11.8 Å². The first-order chi connectivity index (χ1) is 12.6. The van der Waals surface area contributed by atoms with Gasteiger partial charge in [-0.05, 0) is 44.7 Å². The van der Waals surface area contributed by atoms with E-state index in [0.717, 1.165) is 52.2 Å². The summed E-state index contributed by atoms with van der Waals surface area (Å²) in [6.45, 7) is 2.66. The molecule has 0 spiro atoms. The van der Waals surface area contributed by atoms with E-state index in [1.165, 1.54) is 12.8 Å². The highest BCUT2D eigenvalue weighted by Gasteiger charge is 2.31. The molecule has 3 aromatic rings. The summed E-state index contributed by atoms with van der Waals surface area (Å²) >= 11 is 0. The van der Waals surface area contributed by atoms with Gasteiger partial charge in [-0.1, -0.05) is 5.21 Å². The molecule has 2 N–H and O–H groups in total. The average molecular weight is 390 g/mol. The van der Waals surface area contributed by atoms with Gasteiger partial charge in [0.25, 0.3) is 0 Å². The van der Waals surface area contributed by atoms with Crippen molar-refractivity contribution < 1.29 is 9.84 Å². The molecule has 0 radical (unpaired) electrons. The van der Waals surface area contributed by atoms with Gasteiger partial charge in [-0.3, -0.25) is 0 Å². The molecule has 8 heteroatoms. The minimum absolute atomic E-state index is 0. The number of aliphatic hydroxyl groups excluding tert-OH is 1. The van der Waals surface area contributed by atoms with E-state index in [-0.39, 0.29) is 18.5 Å². The molecule has 2 unspecified atom stereocenters. The van der Waals surface area contributed by atoms with Crippen LogP contribution in [0.1, 0.15) is 54.8 Å².